The Morgan fingerprint density at radius 1 is 1.11 bits per heavy atom. The molecule has 0 unspecified atom stereocenters. The molecule has 2 aromatic carbocycles. The highest BCUT2D eigenvalue weighted by Gasteiger charge is 2.20. The molecule has 0 aliphatic rings. The van der Waals surface area contributed by atoms with Crippen molar-refractivity contribution in [3.05, 3.63) is 59.1 Å². The summed E-state index contributed by atoms with van der Waals surface area (Å²) in [4.78, 5) is 24.1. The lowest BCUT2D eigenvalue weighted by Gasteiger charge is -2.13. The number of carbonyl (C=O) groups excluding carboxylic acids is 2. The number of hydrogen-bond acceptors (Lipinski definition) is 5. The first-order valence-corrected chi connectivity index (χ1v) is 10.4. The van der Waals surface area contributed by atoms with E-state index in [4.69, 9.17) is 16.3 Å². The van der Waals surface area contributed by atoms with Crippen LogP contribution in [0.5, 0.6) is 0 Å². The van der Waals surface area contributed by atoms with Gasteiger partial charge in [-0.1, -0.05) is 30.7 Å². The van der Waals surface area contributed by atoms with E-state index in [1.807, 2.05) is 13.8 Å². The fraction of sp³-hybridized carbons (Fsp3) is 0.263. The van der Waals surface area contributed by atoms with Crippen LogP contribution in [0.4, 0.5) is 5.69 Å². The first kappa shape index (κ1) is 21.7. The van der Waals surface area contributed by atoms with E-state index in [2.05, 4.69) is 10.0 Å². The first-order chi connectivity index (χ1) is 13.2. The van der Waals surface area contributed by atoms with E-state index in [9.17, 15) is 18.0 Å². The van der Waals surface area contributed by atoms with Crippen LogP contribution in [0.25, 0.3) is 0 Å². The predicted octanol–water partition coefficient (Wildman–Crippen LogP) is 3.21. The summed E-state index contributed by atoms with van der Waals surface area (Å²) < 4.78 is 32.4. The topological polar surface area (TPSA) is 102 Å². The fourth-order valence-electron chi connectivity index (χ4n) is 2.19. The molecular formula is C19H21ClN2O5S. The number of halogens is 1. The van der Waals surface area contributed by atoms with Crippen molar-refractivity contribution in [3.8, 4) is 0 Å². The highest BCUT2D eigenvalue weighted by Crippen LogP contribution is 2.22. The quantitative estimate of drug-likeness (QED) is 0.633. The van der Waals surface area contributed by atoms with Gasteiger partial charge in [0.25, 0.3) is 15.9 Å². The molecule has 28 heavy (non-hydrogen) atoms. The summed E-state index contributed by atoms with van der Waals surface area (Å²) in [5.41, 5.74) is 0.0427. The minimum Gasteiger partial charge on any atom is -0.452 e. The third kappa shape index (κ3) is 5.97. The average Bonchev–Trinajstić information content (AvgIpc) is 2.66. The minimum atomic E-state index is -3.93. The molecule has 7 nitrogen and oxygen atoms in total. The monoisotopic (exact) mass is 424 g/mol. The van der Waals surface area contributed by atoms with Crippen molar-refractivity contribution < 1.29 is 22.7 Å². The molecule has 1 amide bonds. The number of sulfonamides is 1. The zero-order chi connectivity index (χ0) is 20.7. The van der Waals surface area contributed by atoms with Crippen LogP contribution in [0.2, 0.25) is 5.02 Å². The van der Waals surface area contributed by atoms with Gasteiger partial charge in [-0.25, -0.2) is 13.2 Å². The van der Waals surface area contributed by atoms with Crippen LogP contribution in [-0.4, -0.2) is 32.9 Å². The number of nitrogens with one attached hydrogen (secondary N) is 2. The van der Waals surface area contributed by atoms with Crippen LogP contribution >= 0.6 is 11.6 Å². The van der Waals surface area contributed by atoms with E-state index in [0.29, 0.717) is 5.02 Å². The Hall–Kier alpha value is -2.58. The second-order valence-corrected chi connectivity index (χ2v) is 8.18. The van der Waals surface area contributed by atoms with Crippen LogP contribution in [0.3, 0.4) is 0 Å². The van der Waals surface area contributed by atoms with E-state index >= 15 is 0 Å². The maximum absolute atomic E-state index is 12.5. The number of carbonyl (C=O) groups is 2. The van der Waals surface area contributed by atoms with E-state index < -0.39 is 28.5 Å². The summed E-state index contributed by atoms with van der Waals surface area (Å²) in [6, 6.07) is 11.6. The minimum absolute atomic E-state index is 0.00335. The first-order valence-electron chi connectivity index (χ1n) is 8.57. The van der Waals surface area contributed by atoms with E-state index in [-0.39, 0.29) is 22.2 Å². The summed E-state index contributed by atoms with van der Waals surface area (Å²) in [6.45, 7) is 3.29. The summed E-state index contributed by atoms with van der Waals surface area (Å²) >= 11 is 5.78. The van der Waals surface area contributed by atoms with Gasteiger partial charge in [-0.05, 0) is 49.7 Å². The average molecular weight is 425 g/mol. The van der Waals surface area contributed by atoms with Crippen LogP contribution in [0, 0.1) is 0 Å². The van der Waals surface area contributed by atoms with Crippen LogP contribution in [0.1, 0.15) is 30.6 Å². The number of rotatable bonds is 8. The summed E-state index contributed by atoms with van der Waals surface area (Å²) in [5.74, 6) is -1.24. The third-order valence-electron chi connectivity index (χ3n) is 3.87. The van der Waals surface area contributed by atoms with Gasteiger partial charge < -0.3 is 10.1 Å². The van der Waals surface area contributed by atoms with E-state index in [1.165, 1.54) is 36.4 Å². The zero-order valence-corrected chi connectivity index (χ0v) is 17.0. The van der Waals surface area contributed by atoms with Crippen LogP contribution in [-0.2, 0) is 19.6 Å². The molecule has 0 bridgehead atoms. The van der Waals surface area contributed by atoms with Crippen molar-refractivity contribution in [1.29, 1.82) is 0 Å². The Morgan fingerprint density at radius 2 is 1.75 bits per heavy atom. The number of para-hydroxylation sites is 1. The molecule has 0 spiro atoms. The lowest BCUT2D eigenvalue weighted by Crippen LogP contribution is -2.35. The maximum atomic E-state index is 12.5. The normalized spacial score (nSPS) is 12.1. The summed E-state index contributed by atoms with van der Waals surface area (Å²) in [7, 11) is -3.93. The van der Waals surface area contributed by atoms with Gasteiger partial charge in [0.1, 0.15) is 0 Å². The predicted molar refractivity (Wildman–Crippen MR) is 107 cm³/mol. The molecule has 0 aromatic heterocycles. The Morgan fingerprint density at radius 3 is 2.39 bits per heavy atom. The number of esters is 1. The number of amides is 1. The van der Waals surface area contributed by atoms with E-state index in [1.54, 1.807) is 12.1 Å². The second-order valence-electron chi connectivity index (χ2n) is 6.06. The second kappa shape index (κ2) is 9.57. The smallest absolute Gasteiger partial charge is 0.340 e. The molecule has 0 radical (unpaired) electrons. The highest BCUT2D eigenvalue weighted by molar-refractivity contribution is 7.92. The summed E-state index contributed by atoms with van der Waals surface area (Å²) in [6.07, 6.45) is 0.745. The molecular weight excluding hydrogens is 404 g/mol. The van der Waals surface area contributed by atoms with Crippen molar-refractivity contribution in [3.63, 3.8) is 0 Å². The van der Waals surface area contributed by atoms with Gasteiger partial charge in [0.05, 0.1) is 16.1 Å². The zero-order valence-electron chi connectivity index (χ0n) is 15.4. The fourth-order valence-corrected chi connectivity index (χ4v) is 3.40. The SMILES string of the molecule is CC[C@H](C)NC(=O)COC(=O)c1ccccc1NS(=O)(=O)c1ccc(Cl)cc1. The van der Waals surface area contributed by atoms with Gasteiger partial charge in [0.2, 0.25) is 0 Å². The number of hydrogen-bond donors (Lipinski definition) is 2. The molecule has 150 valence electrons. The molecule has 0 saturated heterocycles. The van der Waals surface area contributed by atoms with Gasteiger partial charge >= 0.3 is 5.97 Å². The highest BCUT2D eigenvalue weighted by atomic mass is 35.5. The van der Waals surface area contributed by atoms with Gasteiger partial charge in [0, 0.05) is 11.1 Å². The largest absolute Gasteiger partial charge is 0.452 e. The van der Waals surface area contributed by atoms with Gasteiger partial charge in [-0.15, -0.1) is 0 Å². The molecule has 0 aliphatic heterocycles. The van der Waals surface area contributed by atoms with Crippen molar-refractivity contribution in [1.82, 2.24) is 5.32 Å². The van der Waals surface area contributed by atoms with E-state index in [0.717, 1.165) is 6.42 Å². The van der Waals surface area contributed by atoms with Gasteiger partial charge in [0.15, 0.2) is 6.61 Å². The lowest BCUT2D eigenvalue weighted by atomic mass is 10.2. The van der Waals surface area contributed by atoms with Crippen molar-refractivity contribution >= 4 is 39.2 Å². The van der Waals surface area contributed by atoms with Crippen LogP contribution in [0.15, 0.2) is 53.4 Å². The molecule has 2 N–H and O–H groups in total. The van der Waals surface area contributed by atoms with Gasteiger partial charge in [-0.2, -0.15) is 0 Å². The van der Waals surface area contributed by atoms with Crippen molar-refractivity contribution in [2.45, 2.75) is 31.2 Å². The number of anilines is 1. The molecule has 2 aromatic rings. The molecule has 1 atom stereocenters. The molecule has 0 fully saturated rings. The molecule has 9 heteroatoms. The molecule has 2 rings (SSSR count). The van der Waals surface area contributed by atoms with Crippen LogP contribution < -0.4 is 10.0 Å². The Balaban J connectivity index is 2.13. The Bertz CT molecular complexity index is 945. The molecule has 0 aliphatic carbocycles. The van der Waals surface area contributed by atoms with Crippen molar-refractivity contribution in [2.24, 2.45) is 0 Å². The standard InChI is InChI=1S/C19H21ClN2O5S/c1-3-13(2)21-18(23)12-27-19(24)16-6-4-5-7-17(16)22-28(25,26)15-10-8-14(20)9-11-15/h4-11,13,22H,3,12H2,1-2H3,(H,21,23)/t13-/m0/s1. The number of ether oxygens (including phenoxy) is 1. The molecule has 0 heterocycles. The van der Waals surface area contributed by atoms with Crippen molar-refractivity contribution in [2.75, 3.05) is 11.3 Å². The third-order valence-corrected chi connectivity index (χ3v) is 5.50. The number of benzene rings is 2. The summed E-state index contributed by atoms with van der Waals surface area (Å²) in [5, 5.41) is 3.08. The molecule has 0 saturated carbocycles. The Kier molecular flexibility index (Phi) is 7.42. The van der Waals surface area contributed by atoms with Gasteiger partial charge in [-0.3, -0.25) is 9.52 Å². The maximum Gasteiger partial charge on any atom is 0.340 e. The lowest BCUT2D eigenvalue weighted by molar-refractivity contribution is -0.124. The Labute approximate surface area is 169 Å².